The quantitative estimate of drug-likeness (QED) is 0.164. The number of para-hydroxylation sites is 3. The Morgan fingerprint density at radius 2 is 0.967 bits per heavy atom. The first kappa shape index (κ1) is 31.5. The standard InChI is InChI=1S/C54H28BNO3S/c1-5-13-46-32(9-1)37-24-31(18-19-49(37)57-46)56-44-26-39-34-11-3-7-15-48(34)59-51(39)28-43(44)55-42-27-50-38(33-10-2-6-14-47(33)58-50)25-36(42)41-22-30(23-45(56)54(41)55)29-17-20-53-40(21-29)35-12-4-8-16-52(35)60-53/h1-28H. The lowest BCUT2D eigenvalue weighted by molar-refractivity contribution is 0.668. The van der Waals surface area contributed by atoms with E-state index in [1.165, 1.54) is 64.5 Å². The predicted molar refractivity (Wildman–Crippen MR) is 251 cm³/mol. The van der Waals surface area contributed by atoms with Crippen LogP contribution in [0.5, 0.6) is 0 Å². The summed E-state index contributed by atoms with van der Waals surface area (Å²) in [5.41, 5.74) is 17.4. The zero-order valence-electron chi connectivity index (χ0n) is 31.8. The first-order chi connectivity index (χ1) is 29.7. The third kappa shape index (κ3) is 4.06. The molecule has 276 valence electrons. The highest BCUT2D eigenvalue weighted by Gasteiger charge is 2.44. The van der Waals surface area contributed by atoms with Gasteiger partial charge in [-0.15, -0.1) is 11.3 Å². The lowest BCUT2D eigenvalue weighted by Gasteiger charge is -2.36. The molecular weight excluding hydrogens is 753 g/mol. The Balaban J connectivity index is 1.08. The summed E-state index contributed by atoms with van der Waals surface area (Å²) in [6, 6.07) is 61.8. The fourth-order valence-corrected chi connectivity index (χ4v) is 11.7. The molecule has 0 spiro atoms. The molecule has 0 bridgehead atoms. The maximum atomic E-state index is 6.64. The fourth-order valence-electron chi connectivity index (χ4n) is 10.6. The van der Waals surface area contributed by atoms with Gasteiger partial charge in [-0.2, -0.15) is 0 Å². The van der Waals surface area contributed by atoms with Crippen LogP contribution in [0.3, 0.4) is 0 Å². The normalized spacial score (nSPS) is 13.3. The molecule has 0 atom stereocenters. The summed E-state index contributed by atoms with van der Waals surface area (Å²) in [5, 5.41) is 9.28. The Kier molecular flexibility index (Phi) is 5.84. The zero-order chi connectivity index (χ0) is 38.8. The van der Waals surface area contributed by atoms with Crippen molar-refractivity contribution in [3.63, 3.8) is 0 Å². The second-order valence-corrected chi connectivity index (χ2v) is 17.4. The van der Waals surface area contributed by atoms with Crippen LogP contribution < -0.4 is 21.3 Å². The topological polar surface area (TPSA) is 42.7 Å². The van der Waals surface area contributed by atoms with Gasteiger partial charge < -0.3 is 18.2 Å². The van der Waals surface area contributed by atoms with Gasteiger partial charge in [-0.3, -0.25) is 0 Å². The second kappa shape index (κ2) is 11.1. The molecule has 6 heterocycles. The molecule has 0 saturated heterocycles. The molecule has 6 heteroatoms. The van der Waals surface area contributed by atoms with Crippen molar-refractivity contribution in [1.82, 2.24) is 0 Å². The summed E-state index contributed by atoms with van der Waals surface area (Å²) in [5.74, 6) is 0. The van der Waals surface area contributed by atoms with Gasteiger partial charge in [0.2, 0.25) is 6.71 Å². The van der Waals surface area contributed by atoms with Crippen LogP contribution in [0.25, 0.3) is 108 Å². The highest BCUT2D eigenvalue weighted by atomic mass is 32.1. The van der Waals surface area contributed by atoms with E-state index >= 15 is 0 Å². The molecule has 9 aromatic carbocycles. The molecule has 0 amide bonds. The molecule has 0 aliphatic carbocycles. The highest BCUT2D eigenvalue weighted by Crippen LogP contribution is 2.47. The number of thiophene rings is 1. The maximum Gasteiger partial charge on any atom is 0.248 e. The van der Waals surface area contributed by atoms with Crippen LogP contribution in [0.15, 0.2) is 183 Å². The minimum atomic E-state index is -0.0395. The van der Waals surface area contributed by atoms with Crippen molar-refractivity contribution in [2.75, 3.05) is 4.90 Å². The summed E-state index contributed by atoms with van der Waals surface area (Å²) in [6.07, 6.45) is 0. The molecule has 2 aliphatic heterocycles. The molecule has 0 N–H and O–H groups in total. The molecule has 60 heavy (non-hydrogen) atoms. The smallest absolute Gasteiger partial charge is 0.248 e. The number of rotatable bonds is 2. The zero-order valence-corrected chi connectivity index (χ0v) is 32.6. The van der Waals surface area contributed by atoms with Gasteiger partial charge in [0.05, 0.1) is 0 Å². The van der Waals surface area contributed by atoms with Crippen LogP contribution in [0, 0.1) is 0 Å². The van der Waals surface area contributed by atoms with Crippen molar-refractivity contribution >= 4 is 137 Å². The van der Waals surface area contributed by atoms with Crippen LogP contribution >= 0.6 is 11.3 Å². The summed E-state index contributed by atoms with van der Waals surface area (Å²) in [7, 11) is 0. The SMILES string of the molecule is c1ccc2c(c1)oc1ccc(N3c4cc5c(cc4B4c6cc7oc8ccccc8c7cc6-c6cc(-c7ccc8sc9ccccc9c8c7)cc3c64)oc3ccccc35)cc12. The van der Waals surface area contributed by atoms with Crippen LogP contribution in [0.4, 0.5) is 17.1 Å². The summed E-state index contributed by atoms with van der Waals surface area (Å²) < 4.78 is 22.2. The third-order valence-electron chi connectivity index (χ3n) is 13.2. The molecule has 0 unspecified atom stereocenters. The van der Waals surface area contributed by atoms with Gasteiger partial charge in [0.25, 0.3) is 0 Å². The van der Waals surface area contributed by atoms with E-state index in [0.717, 1.165) is 77.2 Å². The van der Waals surface area contributed by atoms with E-state index < -0.39 is 0 Å². The van der Waals surface area contributed by atoms with Gasteiger partial charge in [0, 0.05) is 69.6 Å². The largest absolute Gasteiger partial charge is 0.456 e. The second-order valence-electron chi connectivity index (χ2n) is 16.4. The monoisotopic (exact) mass is 781 g/mol. The van der Waals surface area contributed by atoms with Crippen molar-refractivity contribution in [3.05, 3.63) is 170 Å². The summed E-state index contributed by atoms with van der Waals surface area (Å²) in [6.45, 7) is -0.0395. The molecule has 0 fully saturated rings. The average Bonchev–Trinajstić information content (AvgIpc) is 4.10. The molecule has 4 aromatic heterocycles. The first-order valence-corrected chi connectivity index (χ1v) is 21.2. The molecule has 0 saturated carbocycles. The average molecular weight is 782 g/mol. The Bertz CT molecular complexity index is 4050. The van der Waals surface area contributed by atoms with E-state index in [2.05, 4.69) is 157 Å². The van der Waals surface area contributed by atoms with E-state index in [-0.39, 0.29) is 6.71 Å². The van der Waals surface area contributed by atoms with Crippen molar-refractivity contribution < 1.29 is 13.3 Å². The van der Waals surface area contributed by atoms with Gasteiger partial charge in [-0.05, 0) is 124 Å². The summed E-state index contributed by atoms with van der Waals surface area (Å²) >= 11 is 1.86. The van der Waals surface area contributed by atoms with Crippen molar-refractivity contribution in [2.24, 2.45) is 0 Å². The Labute approximate surface area is 346 Å². The van der Waals surface area contributed by atoms with E-state index in [1.807, 2.05) is 29.5 Å². The number of hydrogen-bond donors (Lipinski definition) is 0. The van der Waals surface area contributed by atoms with Crippen molar-refractivity contribution in [2.45, 2.75) is 0 Å². The number of hydrogen-bond acceptors (Lipinski definition) is 5. The number of fused-ring (bicyclic) bond motifs is 17. The van der Waals surface area contributed by atoms with Crippen molar-refractivity contribution in [1.29, 1.82) is 0 Å². The van der Waals surface area contributed by atoms with Gasteiger partial charge in [0.15, 0.2) is 0 Å². The van der Waals surface area contributed by atoms with Crippen LogP contribution in [0.1, 0.15) is 0 Å². The number of furan rings is 3. The molecule has 0 radical (unpaired) electrons. The van der Waals surface area contributed by atoms with E-state index in [9.17, 15) is 0 Å². The maximum absolute atomic E-state index is 6.64. The van der Waals surface area contributed by atoms with E-state index in [4.69, 9.17) is 13.3 Å². The number of anilines is 3. The lowest BCUT2D eigenvalue weighted by Crippen LogP contribution is -2.54. The van der Waals surface area contributed by atoms with Gasteiger partial charge >= 0.3 is 0 Å². The first-order valence-electron chi connectivity index (χ1n) is 20.4. The number of benzene rings is 9. The predicted octanol–water partition coefficient (Wildman–Crippen LogP) is 13.7. The summed E-state index contributed by atoms with van der Waals surface area (Å²) in [4.78, 5) is 2.50. The van der Waals surface area contributed by atoms with E-state index in [1.54, 1.807) is 0 Å². The Morgan fingerprint density at radius 1 is 0.367 bits per heavy atom. The van der Waals surface area contributed by atoms with Gasteiger partial charge in [-0.25, -0.2) is 0 Å². The molecule has 4 nitrogen and oxygen atoms in total. The lowest BCUT2D eigenvalue weighted by atomic mass is 9.37. The Morgan fingerprint density at radius 3 is 1.72 bits per heavy atom. The fraction of sp³-hybridized carbons (Fsp3) is 0. The van der Waals surface area contributed by atoms with Crippen LogP contribution in [0.2, 0.25) is 0 Å². The molecule has 13 aromatic rings. The molecule has 2 aliphatic rings. The highest BCUT2D eigenvalue weighted by molar-refractivity contribution is 7.25. The minimum absolute atomic E-state index is 0.0395. The van der Waals surface area contributed by atoms with Crippen LogP contribution in [-0.2, 0) is 0 Å². The minimum Gasteiger partial charge on any atom is -0.456 e. The van der Waals surface area contributed by atoms with E-state index in [0.29, 0.717) is 0 Å². The van der Waals surface area contributed by atoms with Crippen molar-refractivity contribution in [3.8, 4) is 22.3 Å². The van der Waals surface area contributed by atoms with Crippen LogP contribution in [-0.4, -0.2) is 6.71 Å². The third-order valence-corrected chi connectivity index (χ3v) is 14.4. The van der Waals surface area contributed by atoms with Gasteiger partial charge in [-0.1, -0.05) is 84.3 Å². The number of nitrogens with zero attached hydrogens (tertiary/aromatic N) is 1. The molecular formula is C54H28BNO3S. The molecule has 15 rings (SSSR count). The Hall–Kier alpha value is -7.54. The van der Waals surface area contributed by atoms with Gasteiger partial charge in [0.1, 0.15) is 33.5 Å².